The number of carbonyl (C=O) groups is 4. The molecule has 0 bridgehead atoms. The lowest BCUT2D eigenvalue weighted by Crippen LogP contribution is -2.51. The molecule has 11 nitrogen and oxygen atoms in total. The first-order valence-corrected chi connectivity index (χ1v) is 17.2. The third kappa shape index (κ3) is 13.2. The van der Waals surface area contributed by atoms with Gasteiger partial charge in [-0.2, -0.15) is 0 Å². The Balaban J connectivity index is 1.35. The average molecular weight is 700 g/mol. The van der Waals surface area contributed by atoms with E-state index in [0.717, 1.165) is 16.7 Å². The topological polar surface area (TPSA) is 152 Å². The highest BCUT2D eigenvalue weighted by Crippen LogP contribution is 2.22. The van der Waals surface area contributed by atoms with Crippen molar-refractivity contribution in [2.45, 2.75) is 77.8 Å². The molecule has 0 spiro atoms. The van der Waals surface area contributed by atoms with Gasteiger partial charge in [0.1, 0.15) is 31.6 Å². The fourth-order valence-electron chi connectivity index (χ4n) is 5.38. The van der Waals surface area contributed by atoms with E-state index in [2.05, 4.69) is 16.0 Å². The average Bonchev–Trinajstić information content (AvgIpc) is 3.12. The van der Waals surface area contributed by atoms with E-state index in [1.807, 2.05) is 106 Å². The van der Waals surface area contributed by atoms with Crippen molar-refractivity contribution in [2.75, 3.05) is 13.2 Å². The SMILES string of the molecule is CC(C)(C)[C@H]1COC(=O)[C@H](NC(=O)OCc2ccccc2)CC=CC[C@H](CC(=O)N[C@H](CO)Cc2ccc(OCc3ccccc3)cc2)C(=O)N1. The van der Waals surface area contributed by atoms with Gasteiger partial charge in [-0.15, -0.1) is 0 Å². The molecule has 4 N–H and O–H groups in total. The van der Waals surface area contributed by atoms with Crippen molar-refractivity contribution in [3.05, 3.63) is 114 Å². The van der Waals surface area contributed by atoms with Crippen LogP contribution in [-0.2, 0) is 43.5 Å². The van der Waals surface area contributed by atoms with Crippen LogP contribution >= 0.6 is 0 Å². The molecule has 0 radical (unpaired) electrons. The van der Waals surface area contributed by atoms with Gasteiger partial charge < -0.3 is 35.3 Å². The van der Waals surface area contributed by atoms with Crippen LogP contribution in [0.3, 0.4) is 0 Å². The van der Waals surface area contributed by atoms with Crippen LogP contribution in [0.2, 0.25) is 0 Å². The number of aliphatic hydroxyl groups is 1. The first kappa shape index (κ1) is 38.6. The van der Waals surface area contributed by atoms with Gasteiger partial charge in [-0.05, 0) is 53.5 Å². The number of hydrogen-bond acceptors (Lipinski definition) is 8. The Morgan fingerprint density at radius 3 is 2.14 bits per heavy atom. The fraction of sp³-hybridized carbons (Fsp3) is 0.400. The van der Waals surface area contributed by atoms with Crippen molar-refractivity contribution in [1.29, 1.82) is 0 Å². The molecule has 0 fully saturated rings. The molecule has 0 unspecified atom stereocenters. The Morgan fingerprint density at radius 2 is 1.51 bits per heavy atom. The minimum Gasteiger partial charge on any atom is -0.489 e. The molecular formula is C40H49N3O8. The van der Waals surface area contributed by atoms with Gasteiger partial charge in [0.15, 0.2) is 0 Å². The largest absolute Gasteiger partial charge is 0.489 e. The van der Waals surface area contributed by atoms with Crippen LogP contribution in [0.1, 0.15) is 56.7 Å². The lowest BCUT2D eigenvalue weighted by atomic mass is 9.86. The maximum atomic E-state index is 13.5. The summed E-state index contributed by atoms with van der Waals surface area (Å²) in [5.74, 6) is -1.40. The van der Waals surface area contributed by atoms with Crippen molar-refractivity contribution in [3.63, 3.8) is 0 Å². The van der Waals surface area contributed by atoms with Crippen molar-refractivity contribution < 1.29 is 38.5 Å². The number of cyclic esters (lactones) is 1. The summed E-state index contributed by atoms with van der Waals surface area (Å²) in [7, 11) is 0. The van der Waals surface area contributed by atoms with Crippen molar-refractivity contribution in [2.24, 2.45) is 11.3 Å². The van der Waals surface area contributed by atoms with E-state index in [0.29, 0.717) is 18.8 Å². The molecular weight excluding hydrogens is 650 g/mol. The highest BCUT2D eigenvalue weighted by atomic mass is 16.6. The van der Waals surface area contributed by atoms with Gasteiger partial charge in [-0.3, -0.25) is 9.59 Å². The molecule has 3 amide bonds. The Bertz CT molecular complexity index is 1590. The zero-order valence-corrected chi connectivity index (χ0v) is 29.5. The number of alkyl carbamates (subject to hydrolysis) is 1. The normalized spacial score (nSPS) is 18.9. The van der Waals surface area contributed by atoms with Crippen LogP contribution in [0.25, 0.3) is 0 Å². The number of carbonyl (C=O) groups excluding carboxylic acids is 4. The Morgan fingerprint density at radius 1 is 0.882 bits per heavy atom. The molecule has 0 saturated heterocycles. The molecule has 0 saturated carbocycles. The monoisotopic (exact) mass is 699 g/mol. The molecule has 1 aliphatic heterocycles. The summed E-state index contributed by atoms with van der Waals surface area (Å²) >= 11 is 0. The van der Waals surface area contributed by atoms with Gasteiger partial charge in [0.25, 0.3) is 0 Å². The smallest absolute Gasteiger partial charge is 0.408 e. The van der Waals surface area contributed by atoms with Gasteiger partial charge in [-0.1, -0.05) is 106 Å². The number of amides is 3. The molecule has 0 aliphatic carbocycles. The summed E-state index contributed by atoms with van der Waals surface area (Å²) in [6.07, 6.45) is 3.21. The van der Waals surface area contributed by atoms with E-state index in [9.17, 15) is 24.3 Å². The quantitative estimate of drug-likeness (QED) is 0.152. The van der Waals surface area contributed by atoms with E-state index < -0.39 is 41.5 Å². The van der Waals surface area contributed by atoms with Gasteiger partial charge >= 0.3 is 12.1 Å². The van der Waals surface area contributed by atoms with Crippen molar-refractivity contribution in [1.82, 2.24) is 16.0 Å². The molecule has 51 heavy (non-hydrogen) atoms. The van der Waals surface area contributed by atoms with Crippen LogP contribution < -0.4 is 20.7 Å². The third-order valence-corrected chi connectivity index (χ3v) is 8.54. The molecule has 1 heterocycles. The maximum absolute atomic E-state index is 13.5. The van der Waals surface area contributed by atoms with E-state index >= 15 is 0 Å². The second-order valence-corrected chi connectivity index (χ2v) is 13.7. The third-order valence-electron chi connectivity index (χ3n) is 8.54. The molecule has 272 valence electrons. The van der Waals surface area contributed by atoms with Crippen molar-refractivity contribution in [3.8, 4) is 5.75 Å². The number of aliphatic hydroxyl groups excluding tert-OH is 1. The molecule has 11 heteroatoms. The fourth-order valence-corrected chi connectivity index (χ4v) is 5.38. The number of ether oxygens (including phenoxy) is 3. The Labute approximate surface area is 299 Å². The van der Waals surface area contributed by atoms with Crippen LogP contribution in [0, 0.1) is 11.3 Å². The molecule has 3 aromatic carbocycles. The first-order valence-electron chi connectivity index (χ1n) is 17.2. The lowest BCUT2D eigenvalue weighted by Gasteiger charge is -2.33. The summed E-state index contributed by atoms with van der Waals surface area (Å²) in [5, 5.41) is 18.5. The zero-order valence-electron chi connectivity index (χ0n) is 29.5. The van der Waals surface area contributed by atoms with Crippen molar-refractivity contribution >= 4 is 23.9 Å². The summed E-state index contributed by atoms with van der Waals surface area (Å²) in [4.78, 5) is 52.4. The maximum Gasteiger partial charge on any atom is 0.408 e. The summed E-state index contributed by atoms with van der Waals surface area (Å²) in [6, 6.07) is 24.4. The number of rotatable bonds is 12. The van der Waals surface area contributed by atoms with Crippen LogP contribution in [0.5, 0.6) is 5.75 Å². The van der Waals surface area contributed by atoms with E-state index in [1.54, 1.807) is 12.2 Å². The molecule has 3 aromatic rings. The Hall–Kier alpha value is -5.16. The summed E-state index contributed by atoms with van der Waals surface area (Å²) in [5.41, 5.74) is 2.27. The van der Waals surface area contributed by atoms with Crippen LogP contribution in [0.15, 0.2) is 97.1 Å². The zero-order chi connectivity index (χ0) is 36.6. The summed E-state index contributed by atoms with van der Waals surface area (Å²) in [6.45, 7) is 5.80. The molecule has 4 rings (SSSR count). The number of allylic oxidation sites excluding steroid dienone is 1. The molecule has 4 atom stereocenters. The summed E-state index contributed by atoms with van der Waals surface area (Å²) < 4.78 is 16.7. The van der Waals surface area contributed by atoms with E-state index in [4.69, 9.17) is 14.2 Å². The predicted octanol–water partition coefficient (Wildman–Crippen LogP) is 5.01. The highest BCUT2D eigenvalue weighted by molar-refractivity contribution is 5.86. The predicted molar refractivity (Wildman–Crippen MR) is 192 cm³/mol. The molecule has 0 aromatic heterocycles. The first-order chi connectivity index (χ1) is 24.5. The van der Waals surface area contributed by atoms with Gasteiger partial charge in [0.05, 0.1) is 24.6 Å². The van der Waals surface area contributed by atoms with Crippen LogP contribution in [0.4, 0.5) is 4.79 Å². The van der Waals surface area contributed by atoms with Gasteiger partial charge in [-0.25, -0.2) is 9.59 Å². The van der Waals surface area contributed by atoms with E-state index in [1.165, 1.54) is 0 Å². The minimum absolute atomic E-state index is 0.0414. The van der Waals surface area contributed by atoms with E-state index in [-0.39, 0.29) is 50.9 Å². The number of benzene rings is 3. The van der Waals surface area contributed by atoms with Gasteiger partial charge in [0, 0.05) is 6.42 Å². The number of esters is 1. The van der Waals surface area contributed by atoms with Crippen LogP contribution in [-0.4, -0.2) is 60.3 Å². The minimum atomic E-state index is -1.02. The highest BCUT2D eigenvalue weighted by Gasteiger charge is 2.33. The second kappa shape index (κ2) is 19.3. The number of nitrogens with one attached hydrogen (secondary N) is 3. The number of hydrogen-bond donors (Lipinski definition) is 4. The molecule has 1 aliphatic rings. The lowest BCUT2D eigenvalue weighted by molar-refractivity contribution is -0.148. The van der Waals surface area contributed by atoms with Gasteiger partial charge in [0.2, 0.25) is 11.8 Å². The standard InChI is InChI=1S/C40H49N3O8/c1-40(2,3)35-27-50-38(47)34(42-39(48)51-26-30-14-8-5-9-15-30)17-11-10-16-31(37(46)43-35)23-36(45)41-32(24-44)22-28-18-20-33(21-19-28)49-25-29-12-6-4-7-13-29/h4-15,18-21,31-32,34-35,44H,16-17,22-27H2,1-3H3,(H,41,45)(H,42,48)(H,43,46)/t31-,32+,34-,35-/m1/s1. The Kier molecular flexibility index (Phi) is 14.6. The second-order valence-electron chi connectivity index (χ2n) is 13.7.